The Morgan fingerprint density at radius 3 is 2.40 bits per heavy atom. The zero-order chi connectivity index (χ0) is 14.7. The van der Waals surface area contributed by atoms with Crippen LogP contribution in [0.4, 0.5) is 4.39 Å². The van der Waals surface area contributed by atoms with E-state index in [1.54, 1.807) is 18.2 Å². The van der Waals surface area contributed by atoms with E-state index in [-0.39, 0.29) is 5.56 Å². The molecule has 0 bridgehead atoms. The molecule has 5 heteroatoms. The van der Waals surface area contributed by atoms with Gasteiger partial charge in [0.15, 0.2) is 0 Å². The van der Waals surface area contributed by atoms with E-state index in [0.717, 1.165) is 6.07 Å². The number of halogens is 1. The average Bonchev–Trinajstić information content (AvgIpc) is 2.45. The van der Waals surface area contributed by atoms with Crippen LogP contribution in [0.25, 0.3) is 11.1 Å². The van der Waals surface area contributed by atoms with Crippen LogP contribution in [0, 0.1) is 5.82 Å². The lowest BCUT2D eigenvalue weighted by Crippen LogP contribution is -2.01. The Kier molecular flexibility index (Phi) is 3.79. The molecule has 0 atom stereocenters. The SMILES string of the molecule is COC(=O)c1cccc(-c2cc(F)cc(C(=O)O)c2)c1. The zero-order valence-electron chi connectivity index (χ0n) is 10.6. The molecule has 0 amide bonds. The first-order valence-electron chi connectivity index (χ1n) is 5.74. The van der Waals surface area contributed by atoms with Gasteiger partial charge in [-0.05, 0) is 41.5 Å². The van der Waals surface area contributed by atoms with Crippen molar-refractivity contribution in [2.75, 3.05) is 7.11 Å². The topological polar surface area (TPSA) is 63.6 Å². The molecule has 0 aliphatic carbocycles. The molecule has 0 unspecified atom stereocenters. The third-order valence-electron chi connectivity index (χ3n) is 2.76. The molecule has 0 radical (unpaired) electrons. The number of rotatable bonds is 3. The summed E-state index contributed by atoms with van der Waals surface area (Å²) in [6.07, 6.45) is 0. The van der Waals surface area contributed by atoms with Gasteiger partial charge in [0, 0.05) is 0 Å². The van der Waals surface area contributed by atoms with Crippen molar-refractivity contribution >= 4 is 11.9 Å². The standard InChI is InChI=1S/C15H11FO4/c1-20-15(19)10-4-2-3-9(5-10)11-6-12(14(17)18)8-13(16)7-11/h2-8H,1H3,(H,17,18). The lowest BCUT2D eigenvalue weighted by atomic mass is 10.0. The Labute approximate surface area is 114 Å². The molecule has 0 aliphatic heterocycles. The monoisotopic (exact) mass is 274 g/mol. The highest BCUT2D eigenvalue weighted by molar-refractivity contribution is 5.92. The number of carbonyl (C=O) groups is 2. The van der Waals surface area contributed by atoms with Gasteiger partial charge in [0.2, 0.25) is 0 Å². The molecular formula is C15H11FO4. The molecule has 0 saturated carbocycles. The van der Waals surface area contributed by atoms with Crippen molar-refractivity contribution in [3.8, 4) is 11.1 Å². The van der Waals surface area contributed by atoms with Crippen molar-refractivity contribution in [2.45, 2.75) is 0 Å². The smallest absolute Gasteiger partial charge is 0.337 e. The van der Waals surface area contributed by atoms with Crippen LogP contribution in [-0.4, -0.2) is 24.2 Å². The Morgan fingerprint density at radius 1 is 1.05 bits per heavy atom. The molecule has 0 aromatic heterocycles. The van der Waals surface area contributed by atoms with E-state index in [2.05, 4.69) is 4.74 Å². The summed E-state index contributed by atoms with van der Waals surface area (Å²) in [5.74, 6) is -2.38. The molecule has 2 aromatic rings. The molecule has 4 nitrogen and oxygen atoms in total. The molecule has 0 spiro atoms. The molecule has 0 fully saturated rings. The number of aromatic carboxylic acids is 1. The predicted molar refractivity (Wildman–Crippen MR) is 70.1 cm³/mol. The Morgan fingerprint density at radius 2 is 1.75 bits per heavy atom. The van der Waals surface area contributed by atoms with Crippen LogP contribution in [0.1, 0.15) is 20.7 Å². The Hall–Kier alpha value is -2.69. The number of benzene rings is 2. The minimum absolute atomic E-state index is 0.150. The van der Waals surface area contributed by atoms with Gasteiger partial charge in [-0.25, -0.2) is 14.0 Å². The molecule has 102 valence electrons. The van der Waals surface area contributed by atoms with Crippen LogP contribution in [0.15, 0.2) is 42.5 Å². The van der Waals surface area contributed by atoms with Crippen molar-refractivity contribution < 1.29 is 23.8 Å². The van der Waals surface area contributed by atoms with E-state index in [0.29, 0.717) is 16.7 Å². The van der Waals surface area contributed by atoms with E-state index in [4.69, 9.17) is 5.11 Å². The van der Waals surface area contributed by atoms with Gasteiger partial charge in [-0.1, -0.05) is 12.1 Å². The second-order valence-corrected chi connectivity index (χ2v) is 4.11. The quantitative estimate of drug-likeness (QED) is 0.874. The molecule has 0 heterocycles. The van der Waals surface area contributed by atoms with Gasteiger partial charge in [-0.3, -0.25) is 0 Å². The lowest BCUT2D eigenvalue weighted by Gasteiger charge is -2.06. The number of ether oxygens (including phenoxy) is 1. The van der Waals surface area contributed by atoms with E-state index < -0.39 is 17.8 Å². The van der Waals surface area contributed by atoms with Crippen LogP contribution in [0.5, 0.6) is 0 Å². The first kappa shape index (κ1) is 13.7. The van der Waals surface area contributed by atoms with Gasteiger partial charge in [0.1, 0.15) is 5.82 Å². The number of hydrogen-bond acceptors (Lipinski definition) is 3. The molecule has 1 N–H and O–H groups in total. The second-order valence-electron chi connectivity index (χ2n) is 4.11. The summed E-state index contributed by atoms with van der Waals surface area (Å²) < 4.78 is 18.0. The van der Waals surface area contributed by atoms with E-state index >= 15 is 0 Å². The zero-order valence-corrected chi connectivity index (χ0v) is 10.6. The van der Waals surface area contributed by atoms with Crippen molar-refractivity contribution in [1.29, 1.82) is 0 Å². The van der Waals surface area contributed by atoms with E-state index in [9.17, 15) is 14.0 Å². The summed E-state index contributed by atoms with van der Waals surface area (Å²) in [5, 5.41) is 8.92. The van der Waals surface area contributed by atoms with Crippen molar-refractivity contribution in [2.24, 2.45) is 0 Å². The van der Waals surface area contributed by atoms with Gasteiger partial charge in [0.25, 0.3) is 0 Å². The van der Waals surface area contributed by atoms with Crippen LogP contribution < -0.4 is 0 Å². The van der Waals surface area contributed by atoms with Gasteiger partial charge in [-0.15, -0.1) is 0 Å². The first-order chi connectivity index (χ1) is 9.51. The fraction of sp³-hybridized carbons (Fsp3) is 0.0667. The van der Waals surface area contributed by atoms with Crippen LogP contribution in [0.2, 0.25) is 0 Å². The van der Waals surface area contributed by atoms with Crippen molar-refractivity contribution in [3.05, 3.63) is 59.4 Å². The van der Waals surface area contributed by atoms with Crippen molar-refractivity contribution in [3.63, 3.8) is 0 Å². The third-order valence-corrected chi connectivity index (χ3v) is 2.76. The summed E-state index contributed by atoms with van der Waals surface area (Å²) in [6, 6.07) is 9.86. The van der Waals surface area contributed by atoms with Gasteiger partial charge >= 0.3 is 11.9 Å². The van der Waals surface area contributed by atoms with E-state index in [1.165, 1.54) is 25.3 Å². The molecule has 2 aromatic carbocycles. The summed E-state index contributed by atoms with van der Waals surface area (Å²) in [4.78, 5) is 22.4. The minimum atomic E-state index is -1.21. The summed E-state index contributed by atoms with van der Waals surface area (Å²) >= 11 is 0. The number of methoxy groups -OCH3 is 1. The van der Waals surface area contributed by atoms with Gasteiger partial charge in [-0.2, -0.15) is 0 Å². The maximum Gasteiger partial charge on any atom is 0.337 e. The van der Waals surface area contributed by atoms with Gasteiger partial charge < -0.3 is 9.84 Å². The first-order valence-corrected chi connectivity index (χ1v) is 5.74. The van der Waals surface area contributed by atoms with Crippen molar-refractivity contribution in [1.82, 2.24) is 0 Å². The maximum absolute atomic E-state index is 13.4. The average molecular weight is 274 g/mol. The molecule has 0 saturated heterocycles. The lowest BCUT2D eigenvalue weighted by molar-refractivity contribution is 0.0600. The van der Waals surface area contributed by atoms with Crippen LogP contribution in [0.3, 0.4) is 0 Å². The highest BCUT2D eigenvalue weighted by atomic mass is 19.1. The molecule has 20 heavy (non-hydrogen) atoms. The Bertz CT molecular complexity index is 679. The molecule has 2 rings (SSSR count). The molecular weight excluding hydrogens is 263 g/mol. The second kappa shape index (κ2) is 5.52. The van der Waals surface area contributed by atoms with Crippen LogP contribution in [-0.2, 0) is 4.74 Å². The fourth-order valence-corrected chi connectivity index (χ4v) is 1.82. The van der Waals surface area contributed by atoms with E-state index in [1.807, 2.05) is 0 Å². The maximum atomic E-state index is 13.4. The number of carboxylic acids is 1. The normalized spacial score (nSPS) is 10.1. The fourth-order valence-electron chi connectivity index (χ4n) is 1.82. The summed E-state index contributed by atoms with van der Waals surface area (Å²) in [5.41, 5.74) is 1.08. The molecule has 0 aliphatic rings. The highest BCUT2D eigenvalue weighted by Crippen LogP contribution is 2.23. The highest BCUT2D eigenvalue weighted by Gasteiger charge is 2.11. The van der Waals surface area contributed by atoms with Crippen LogP contribution >= 0.6 is 0 Å². The van der Waals surface area contributed by atoms with Gasteiger partial charge in [0.05, 0.1) is 18.2 Å². The third kappa shape index (κ3) is 2.83. The number of hydrogen-bond donors (Lipinski definition) is 1. The number of esters is 1. The number of carboxylic acid groups (broad SMARTS) is 1. The summed E-state index contributed by atoms with van der Waals surface area (Å²) in [7, 11) is 1.26. The number of carbonyl (C=O) groups excluding carboxylic acids is 1. The largest absolute Gasteiger partial charge is 0.478 e. The predicted octanol–water partition coefficient (Wildman–Crippen LogP) is 2.98. The summed E-state index contributed by atoms with van der Waals surface area (Å²) in [6.45, 7) is 0. The minimum Gasteiger partial charge on any atom is -0.478 e. The Balaban J connectivity index is 2.51.